The topological polar surface area (TPSA) is 71.4 Å². The molecule has 2 amide bonds. The molecule has 1 aromatic heterocycles. The van der Waals surface area contributed by atoms with Crippen molar-refractivity contribution < 1.29 is 14.4 Å². The van der Waals surface area contributed by atoms with Crippen molar-refractivity contribution in [1.29, 1.82) is 0 Å². The lowest BCUT2D eigenvalue weighted by Crippen LogP contribution is -2.40. The second-order valence-electron chi connectivity index (χ2n) is 8.02. The summed E-state index contributed by atoms with van der Waals surface area (Å²) in [6.07, 6.45) is 2.06. The summed E-state index contributed by atoms with van der Waals surface area (Å²) in [7, 11) is 0. The Bertz CT molecular complexity index is 1200. The summed E-state index contributed by atoms with van der Waals surface area (Å²) >= 11 is 11.9. The number of hydrogen-bond donors (Lipinski definition) is 1. The number of halogens is 2. The van der Waals surface area contributed by atoms with Crippen LogP contribution in [0.15, 0.2) is 54.6 Å². The van der Waals surface area contributed by atoms with Gasteiger partial charge in [0.25, 0.3) is 0 Å². The minimum atomic E-state index is -0.345. The lowest BCUT2D eigenvalue weighted by Gasteiger charge is -2.24. The fourth-order valence-corrected chi connectivity index (χ4v) is 4.31. The molecule has 0 fully saturated rings. The van der Waals surface area contributed by atoms with E-state index in [4.69, 9.17) is 23.2 Å². The number of fused-ring (bicyclic) bond motifs is 1. The number of anilines is 2. The van der Waals surface area contributed by atoms with E-state index in [1.807, 2.05) is 17.6 Å². The zero-order valence-corrected chi connectivity index (χ0v) is 19.6. The van der Waals surface area contributed by atoms with Crippen LogP contribution in [0, 0.1) is 6.92 Å². The minimum Gasteiger partial charge on any atom is -0.339 e. The van der Waals surface area contributed by atoms with Crippen LogP contribution >= 0.6 is 23.2 Å². The SMILES string of the molecule is Cc1cc2c(n1CC(=O)N(CC(=O)Nc1ccc(Cl)cc1)c1ccc(Cl)cc1)CCCC2=O. The molecule has 6 nitrogen and oxygen atoms in total. The molecule has 0 radical (unpaired) electrons. The number of nitrogens with zero attached hydrogens (tertiary/aromatic N) is 2. The first-order chi connectivity index (χ1) is 15.8. The minimum absolute atomic E-state index is 0.0330. The van der Waals surface area contributed by atoms with Crippen LogP contribution in [-0.2, 0) is 22.6 Å². The van der Waals surface area contributed by atoms with Crippen molar-refractivity contribution in [1.82, 2.24) is 4.57 Å². The van der Waals surface area contributed by atoms with Crippen molar-refractivity contribution in [3.8, 4) is 0 Å². The van der Waals surface area contributed by atoms with Crippen LogP contribution < -0.4 is 10.2 Å². The van der Waals surface area contributed by atoms with E-state index in [1.54, 1.807) is 48.5 Å². The number of aryl methyl sites for hydroxylation is 1. The van der Waals surface area contributed by atoms with Crippen LogP contribution in [0.2, 0.25) is 10.0 Å². The van der Waals surface area contributed by atoms with E-state index in [2.05, 4.69) is 5.32 Å². The van der Waals surface area contributed by atoms with Crippen molar-refractivity contribution in [3.05, 3.63) is 81.6 Å². The van der Waals surface area contributed by atoms with Gasteiger partial charge < -0.3 is 14.8 Å². The predicted molar refractivity (Wildman–Crippen MR) is 130 cm³/mol. The molecule has 33 heavy (non-hydrogen) atoms. The first-order valence-corrected chi connectivity index (χ1v) is 11.4. The fourth-order valence-electron chi connectivity index (χ4n) is 4.05. The van der Waals surface area contributed by atoms with Crippen LogP contribution in [0.3, 0.4) is 0 Å². The highest BCUT2D eigenvalue weighted by Crippen LogP contribution is 2.26. The molecule has 3 aromatic rings. The largest absolute Gasteiger partial charge is 0.339 e. The van der Waals surface area contributed by atoms with Crippen LogP contribution in [0.1, 0.15) is 34.6 Å². The second-order valence-corrected chi connectivity index (χ2v) is 8.89. The van der Waals surface area contributed by atoms with Gasteiger partial charge in [0.05, 0.1) is 0 Å². The highest BCUT2D eigenvalue weighted by atomic mass is 35.5. The smallest absolute Gasteiger partial charge is 0.247 e. The number of Topliss-reactive ketones (excluding diaryl/α,β-unsaturated/α-hetero) is 1. The van der Waals surface area contributed by atoms with Gasteiger partial charge in [-0.3, -0.25) is 14.4 Å². The quantitative estimate of drug-likeness (QED) is 0.517. The number of nitrogens with one attached hydrogen (secondary N) is 1. The standard InChI is InChI=1S/C25H23Cl2N3O3/c1-16-13-21-22(3-2-4-23(21)31)29(16)15-25(33)30(20-11-7-18(27)8-12-20)14-24(32)28-19-9-5-17(26)6-10-19/h5-13H,2-4,14-15H2,1H3,(H,28,32). The average Bonchev–Trinajstić information content (AvgIpc) is 3.11. The van der Waals surface area contributed by atoms with Crippen LogP contribution in [0.25, 0.3) is 0 Å². The normalized spacial score (nSPS) is 12.9. The molecule has 1 heterocycles. The summed E-state index contributed by atoms with van der Waals surface area (Å²) < 4.78 is 1.88. The second kappa shape index (κ2) is 9.81. The number of rotatable bonds is 6. The summed E-state index contributed by atoms with van der Waals surface area (Å²) in [5.74, 6) is -0.493. The molecule has 0 aliphatic heterocycles. The van der Waals surface area contributed by atoms with Crippen LogP contribution in [-0.4, -0.2) is 28.7 Å². The number of ketones is 1. The van der Waals surface area contributed by atoms with Gasteiger partial charge in [-0.15, -0.1) is 0 Å². The van der Waals surface area contributed by atoms with Gasteiger partial charge in [0, 0.05) is 44.8 Å². The Morgan fingerprint density at radius 3 is 2.30 bits per heavy atom. The van der Waals surface area contributed by atoms with Crippen molar-refractivity contribution in [2.75, 3.05) is 16.8 Å². The molecule has 0 atom stereocenters. The molecule has 0 saturated heterocycles. The first kappa shape index (κ1) is 23.1. The van der Waals surface area contributed by atoms with E-state index in [1.165, 1.54) is 4.90 Å². The maximum Gasteiger partial charge on any atom is 0.247 e. The summed E-state index contributed by atoms with van der Waals surface area (Å²) in [6.45, 7) is 1.74. The molecular weight excluding hydrogens is 461 g/mol. The lowest BCUT2D eigenvalue weighted by atomic mass is 9.97. The summed E-state index contributed by atoms with van der Waals surface area (Å²) in [5, 5.41) is 3.89. The third-order valence-corrected chi connectivity index (χ3v) is 6.20. The molecule has 170 valence electrons. The van der Waals surface area contributed by atoms with Gasteiger partial charge in [0.1, 0.15) is 13.1 Å². The van der Waals surface area contributed by atoms with E-state index in [-0.39, 0.29) is 30.7 Å². The molecule has 2 aromatic carbocycles. The Morgan fingerprint density at radius 1 is 1.00 bits per heavy atom. The zero-order chi connectivity index (χ0) is 23.5. The summed E-state index contributed by atoms with van der Waals surface area (Å²) in [5.41, 5.74) is 3.58. The number of carbonyl (C=O) groups excluding carboxylic acids is 3. The monoisotopic (exact) mass is 483 g/mol. The molecule has 0 unspecified atom stereocenters. The van der Waals surface area contributed by atoms with Gasteiger partial charge >= 0.3 is 0 Å². The molecular formula is C25H23Cl2N3O3. The number of aromatic nitrogens is 1. The fraction of sp³-hybridized carbons (Fsp3) is 0.240. The van der Waals surface area contributed by atoms with Gasteiger partial charge in [-0.1, -0.05) is 23.2 Å². The zero-order valence-electron chi connectivity index (χ0n) is 18.1. The Balaban J connectivity index is 1.58. The summed E-state index contributed by atoms with van der Waals surface area (Å²) in [4.78, 5) is 39.9. The Kier molecular flexibility index (Phi) is 6.86. The van der Waals surface area contributed by atoms with Crippen molar-refractivity contribution in [2.45, 2.75) is 32.7 Å². The van der Waals surface area contributed by atoms with Gasteiger partial charge in [-0.2, -0.15) is 0 Å². The number of amides is 2. The molecule has 0 bridgehead atoms. The van der Waals surface area contributed by atoms with Gasteiger partial charge in [0.2, 0.25) is 11.8 Å². The first-order valence-electron chi connectivity index (χ1n) is 10.7. The van der Waals surface area contributed by atoms with E-state index in [0.29, 0.717) is 33.4 Å². The number of carbonyl (C=O) groups is 3. The van der Waals surface area contributed by atoms with E-state index in [0.717, 1.165) is 24.2 Å². The lowest BCUT2D eigenvalue weighted by molar-refractivity contribution is -0.122. The number of hydrogen-bond acceptors (Lipinski definition) is 3. The Labute approximate surface area is 202 Å². The Hall–Kier alpha value is -3.09. The maximum absolute atomic E-state index is 13.4. The van der Waals surface area contributed by atoms with E-state index < -0.39 is 0 Å². The highest BCUT2D eigenvalue weighted by molar-refractivity contribution is 6.31. The third kappa shape index (κ3) is 5.29. The van der Waals surface area contributed by atoms with Crippen LogP contribution in [0.4, 0.5) is 11.4 Å². The highest BCUT2D eigenvalue weighted by Gasteiger charge is 2.26. The number of benzene rings is 2. The van der Waals surface area contributed by atoms with Gasteiger partial charge in [-0.05, 0) is 74.4 Å². The van der Waals surface area contributed by atoms with Gasteiger partial charge in [-0.25, -0.2) is 0 Å². The molecule has 8 heteroatoms. The molecule has 1 aliphatic carbocycles. The molecule has 1 N–H and O–H groups in total. The molecule has 0 spiro atoms. The molecule has 1 aliphatic rings. The maximum atomic E-state index is 13.4. The molecule has 0 saturated carbocycles. The predicted octanol–water partition coefficient (Wildman–Crippen LogP) is 5.29. The van der Waals surface area contributed by atoms with Crippen molar-refractivity contribution >= 4 is 52.2 Å². The van der Waals surface area contributed by atoms with Crippen molar-refractivity contribution in [2.24, 2.45) is 0 Å². The van der Waals surface area contributed by atoms with Crippen LogP contribution in [0.5, 0.6) is 0 Å². The van der Waals surface area contributed by atoms with Crippen molar-refractivity contribution in [3.63, 3.8) is 0 Å². The summed E-state index contributed by atoms with van der Waals surface area (Å²) in [6, 6.07) is 15.4. The third-order valence-electron chi connectivity index (χ3n) is 5.70. The van der Waals surface area contributed by atoms with E-state index in [9.17, 15) is 14.4 Å². The van der Waals surface area contributed by atoms with Gasteiger partial charge in [0.15, 0.2) is 5.78 Å². The molecule has 4 rings (SSSR count). The average molecular weight is 484 g/mol. The Morgan fingerprint density at radius 2 is 1.64 bits per heavy atom. The van der Waals surface area contributed by atoms with E-state index >= 15 is 0 Å².